The Labute approximate surface area is 299 Å². The Balaban J connectivity index is 1.16. The molecule has 242 valence electrons. The van der Waals surface area contributed by atoms with Gasteiger partial charge in [0.2, 0.25) is 5.95 Å². The van der Waals surface area contributed by atoms with E-state index in [1.54, 1.807) is 0 Å². The fourth-order valence-electron chi connectivity index (χ4n) is 8.21. The first-order chi connectivity index (χ1) is 25.8. The Hall–Kier alpha value is -7.04. The van der Waals surface area contributed by atoms with Gasteiger partial charge >= 0.3 is 0 Å². The maximum atomic E-state index is 5.00. The van der Waals surface area contributed by atoms with Gasteiger partial charge in [-0.15, -0.1) is 0 Å². The molecule has 0 unspecified atom stereocenters. The first-order valence-electron chi connectivity index (χ1n) is 17.7. The Morgan fingerprint density at radius 3 is 1.83 bits per heavy atom. The third kappa shape index (κ3) is 4.28. The standard InChI is InChI=1S/C48H30N4/c1-2-12-31(13-3-1)32-22-25-35(26-23-32)51-44-21-11-8-18-39(44)47-38-17-6-5-15-36(38)40(29-46(47)51)33-24-27-45-41(28-33)37-16-7-10-20-43(37)52(45)48-49-30-34-14-4-9-19-42(34)50-48/h1-30H. The van der Waals surface area contributed by atoms with E-state index in [-0.39, 0.29) is 0 Å². The molecule has 4 nitrogen and oxygen atoms in total. The van der Waals surface area contributed by atoms with Crippen molar-refractivity contribution in [3.8, 4) is 33.9 Å². The summed E-state index contributed by atoms with van der Waals surface area (Å²) in [6.07, 6.45) is 1.92. The summed E-state index contributed by atoms with van der Waals surface area (Å²) < 4.78 is 4.62. The molecule has 0 fully saturated rings. The van der Waals surface area contributed by atoms with Gasteiger partial charge in [-0.1, -0.05) is 127 Å². The van der Waals surface area contributed by atoms with Gasteiger partial charge in [-0.3, -0.25) is 4.57 Å². The van der Waals surface area contributed by atoms with Crippen LogP contribution in [0.1, 0.15) is 0 Å². The van der Waals surface area contributed by atoms with Crippen LogP contribution < -0.4 is 0 Å². The van der Waals surface area contributed by atoms with Crippen molar-refractivity contribution in [2.45, 2.75) is 0 Å². The van der Waals surface area contributed by atoms with E-state index in [0.717, 1.165) is 27.6 Å². The normalized spacial score (nSPS) is 11.8. The van der Waals surface area contributed by atoms with Crippen LogP contribution in [0.25, 0.3) is 99.2 Å². The van der Waals surface area contributed by atoms with Gasteiger partial charge in [0.15, 0.2) is 0 Å². The van der Waals surface area contributed by atoms with Crippen LogP contribution >= 0.6 is 0 Å². The number of aromatic nitrogens is 4. The van der Waals surface area contributed by atoms with Crippen LogP contribution in [0.4, 0.5) is 0 Å². The molecule has 3 aromatic heterocycles. The van der Waals surface area contributed by atoms with Crippen LogP contribution in [0, 0.1) is 0 Å². The van der Waals surface area contributed by atoms with Crippen molar-refractivity contribution < 1.29 is 0 Å². The zero-order valence-electron chi connectivity index (χ0n) is 28.1. The molecule has 8 aromatic carbocycles. The van der Waals surface area contributed by atoms with Crippen LogP contribution in [-0.4, -0.2) is 19.1 Å². The molecule has 0 saturated carbocycles. The van der Waals surface area contributed by atoms with Gasteiger partial charge < -0.3 is 4.57 Å². The number of fused-ring (bicyclic) bond motifs is 9. The molecule has 11 rings (SSSR count). The molecule has 11 aromatic rings. The summed E-state index contributed by atoms with van der Waals surface area (Å²) in [6, 6.07) is 63.1. The fourth-order valence-corrected chi connectivity index (χ4v) is 8.21. The molecule has 0 amide bonds. The summed E-state index contributed by atoms with van der Waals surface area (Å²) in [7, 11) is 0. The highest BCUT2D eigenvalue weighted by Crippen LogP contribution is 2.43. The molecule has 0 bridgehead atoms. The van der Waals surface area contributed by atoms with Crippen molar-refractivity contribution in [3.63, 3.8) is 0 Å². The molecular formula is C48H30N4. The summed E-state index contributed by atoms with van der Waals surface area (Å²) in [5.41, 5.74) is 11.4. The summed E-state index contributed by atoms with van der Waals surface area (Å²) in [5, 5.41) is 8.38. The van der Waals surface area contributed by atoms with Gasteiger partial charge in [-0.05, 0) is 81.6 Å². The molecule has 0 spiro atoms. The monoisotopic (exact) mass is 662 g/mol. The van der Waals surface area contributed by atoms with Gasteiger partial charge in [0.25, 0.3) is 0 Å². The second-order valence-electron chi connectivity index (χ2n) is 13.4. The van der Waals surface area contributed by atoms with E-state index >= 15 is 0 Å². The van der Waals surface area contributed by atoms with Crippen molar-refractivity contribution in [2.75, 3.05) is 0 Å². The SMILES string of the molecule is c1ccc(-c2ccc(-n3c4ccccc4c4c5ccccc5c(-c5ccc6c(c5)c5ccccc5n6-c5ncc6ccccc6n5)cc43)cc2)cc1. The molecule has 0 N–H and O–H groups in total. The van der Waals surface area contributed by atoms with Crippen LogP contribution in [0.15, 0.2) is 182 Å². The van der Waals surface area contributed by atoms with Gasteiger partial charge in [-0.25, -0.2) is 9.97 Å². The van der Waals surface area contributed by atoms with Crippen molar-refractivity contribution in [1.82, 2.24) is 19.1 Å². The minimum Gasteiger partial charge on any atom is -0.309 e. The number of rotatable bonds is 4. The molecule has 0 atom stereocenters. The number of hydrogen-bond donors (Lipinski definition) is 0. The predicted molar refractivity (Wildman–Crippen MR) is 217 cm³/mol. The molecule has 3 heterocycles. The van der Waals surface area contributed by atoms with Gasteiger partial charge in [-0.2, -0.15) is 0 Å². The number of hydrogen-bond acceptors (Lipinski definition) is 2. The van der Waals surface area contributed by atoms with Crippen molar-refractivity contribution in [1.29, 1.82) is 0 Å². The van der Waals surface area contributed by atoms with Crippen LogP contribution in [-0.2, 0) is 0 Å². The number of nitrogens with zero attached hydrogens (tertiary/aromatic N) is 4. The minimum absolute atomic E-state index is 0.673. The molecule has 0 aliphatic heterocycles. The third-order valence-corrected chi connectivity index (χ3v) is 10.6. The molecular weight excluding hydrogens is 633 g/mol. The van der Waals surface area contributed by atoms with E-state index < -0.39 is 0 Å². The first-order valence-corrected chi connectivity index (χ1v) is 17.7. The Morgan fingerprint density at radius 2 is 1.00 bits per heavy atom. The Kier molecular flexibility index (Phi) is 6.22. The lowest BCUT2D eigenvalue weighted by atomic mass is 9.94. The number of para-hydroxylation sites is 3. The lowest BCUT2D eigenvalue weighted by molar-refractivity contribution is 1.01. The van der Waals surface area contributed by atoms with Gasteiger partial charge in [0, 0.05) is 38.8 Å². The molecule has 0 aliphatic carbocycles. The minimum atomic E-state index is 0.673. The maximum Gasteiger partial charge on any atom is 0.235 e. The largest absolute Gasteiger partial charge is 0.309 e. The molecule has 4 heteroatoms. The zero-order chi connectivity index (χ0) is 34.2. The highest BCUT2D eigenvalue weighted by atomic mass is 15.2. The Bertz CT molecular complexity index is 3170. The first kappa shape index (κ1) is 28.8. The van der Waals surface area contributed by atoms with E-state index in [2.05, 4.69) is 167 Å². The van der Waals surface area contributed by atoms with Gasteiger partial charge in [0.1, 0.15) is 0 Å². The van der Waals surface area contributed by atoms with E-state index in [9.17, 15) is 0 Å². The second-order valence-corrected chi connectivity index (χ2v) is 13.4. The van der Waals surface area contributed by atoms with Crippen LogP contribution in [0.3, 0.4) is 0 Å². The molecule has 0 radical (unpaired) electrons. The summed E-state index contributed by atoms with van der Waals surface area (Å²) in [6.45, 7) is 0. The highest BCUT2D eigenvalue weighted by Gasteiger charge is 2.20. The summed E-state index contributed by atoms with van der Waals surface area (Å²) >= 11 is 0. The second kappa shape index (κ2) is 11.2. The molecule has 0 aliphatic rings. The van der Waals surface area contributed by atoms with Crippen molar-refractivity contribution in [2.24, 2.45) is 0 Å². The molecule has 52 heavy (non-hydrogen) atoms. The van der Waals surface area contributed by atoms with E-state index in [4.69, 9.17) is 9.97 Å². The third-order valence-electron chi connectivity index (χ3n) is 10.6. The lowest BCUT2D eigenvalue weighted by Gasteiger charge is -2.13. The summed E-state index contributed by atoms with van der Waals surface area (Å²) in [5.74, 6) is 0.673. The van der Waals surface area contributed by atoms with E-state index in [1.165, 1.54) is 65.6 Å². The highest BCUT2D eigenvalue weighted by molar-refractivity contribution is 6.24. The summed E-state index contributed by atoms with van der Waals surface area (Å²) in [4.78, 5) is 9.84. The maximum absolute atomic E-state index is 5.00. The average Bonchev–Trinajstić information content (AvgIpc) is 3.73. The van der Waals surface area contributed by atoms with Crippen molar-refractivity contribution in [3.05, 3.63) is 182 Å². The zero-order valence-corrected chi connectivity index (χ0v) is 28.1. The smallest absolute Gasteiger partial charge is 0.235 e. The lowest BCUT2D eigenvalue weighted by Crippen LogP contribution is -2.00. The quantitative estimate of drug-likeness (QED) is 0.188. The van der Waals surface area contributed by atoms with E-state index in [0.29, 0.717) is 5.95 Å². The van der Waals surface area contributed by atoms with Gasteiger partial charge in [0.05, 0.1) is 27.6 Å². The van der Waals surface area contributed by atoms with Crippen LogP contribution in [0.2, 0.25) is 0 Å². The predicted octanol–water partition coefficient (Wildman–Crippen LogP) is 12.3. The van der Waals surface area contributed by atoms with Crippen molar-refractivity contribution >= 4 is 65.3 Å². The average molecular weight is 663 g/mol. The fraction of sp³-hybridized carbons (Fsp3) is 0. The molecule has 0 saturated heterocycles. The topological polar surface area (TPSA) is 35.6 Å². The Morgan fingerprint density at radius 1 is 0.385 bits per heavy atom. The number of benzene rings is 8. The van der Waals surface area contributed by atoms with E-state index in [1.807, 2.05) is 24.4 Å². The van der Waals surface area contributed by atoms with Crippen LogP contribution in [0.5, 0.6) is 0 Å².